The number of sulfonamides is 1. The maximum Gasteiger partial charge on any atom is 0.246 e. The normalized spacial score (nSPS) is 12.3. The van der Waals surface area contributed by atoms with E-state index in [4.69, 9.17) is 5.11 Å². The lowest BCUT2D eigenvalue weighted by atomic mass is 10.2. The Bertz CT molecular complexity index is 541. The van der Waals surface area contributed by atoms with Crippen molar-refractivity contribution in [2.75, 3.05) is 13.2 Å². The molecule has 1 aromatic rings. The quantitative estimate of drug-likeness (QED) is 0.841. The van der Waals surface area contributed by atoms with Gasteiger partial charge in [-0.2, -0.15) is 4.31 Å². The topological polar surface area (TPSA) is 57.6 Å². The van der Waals surface area contributed by atoms with Gasteiger partial charge in [0, 0.05) is 12.6 Å². The van der Waals surface area contributed by atoms with Crippen molar-refractivity contribution < 1.29 is 17.9 Å². The standard InChI is InChI=1S/C14H22FNO3S/c1-4-12(5-2)16(8-9-17)20(18,19)14-10-11(3)6-7-13(14)15/h6-7,10,12,17H,4-5,8-9H2,1-3H3. The smallest absolute Gasteiger partial charge is 0.246 e. The minimum absolute atomic E-state index is 0.0257. The third-order valence-electron chi connectivity index (χ3n) is 3.34. The van der Waals surface area contributed by atoms with Gasteiger partial charge in [0.05, 0.1) is 6.61 Å². The largest absolute Gasteiger partial charge is 0.395 e. The molecule has 0 atom stereocenters. The van der Waals surface area contributed by atoms with Crippen LogP contribution in [0, 0.1) is 12.7 Å². The fourth-order valence-electron chi connectivity index (χ4n) is 2.23. The number of benzene rings is 1. The molecule has 0 aromatic heterocycles. The van der Waals surface area contributed by atoms with E-state index >= 15 is 0 Å². The van der Waals surface area contributed by atoms with Crippen molar-refractivity contribution in [2.24, 2.45) is 0 Å². The molecule has 1 rings (SSSR count). The van der Waals surface area contributed by atoms with Gasteiger partial charge in [-0.05, 0) is 37.5 Å². The molecule has 0 saturated heterocycles. The first-order valence-corrected chi connectivity index (χ1v) is 8.21. The molecule has 6 heteroatoms. The van der Waals surface area contributed by atoms with Crippen molar-refractivity contribution in [1.82, 2.24) is 4.31 Å². The number of aryl methyl sites for hydroxylation is 1. The lowest BCUT2D eigenvalue weighted by Crippen LogP contribution is -2.41. The van der Waals surface area contributed by atoms with Gasteiger partial charge < -0.3 is 5.11 Å². The third kappa shape index (κ3) is 3.56. The Hall–Kier alpha value is -0.980. The molecule has 114 valence electrons. The van der Waals surface area contributed by atoms with Gasteiger partial charge in [0.1, 0.15) is 10.7 Å². The minimum atomic E-state index is -3.94. The lowest BCUT2D eigenvalue weighted by Gasteiger charge is -2.29. The number of nitrogens with zero attached hydrogens (tertiary/aromatic N) is 1. The number of rotatable bonds is 7. The Morgan fingerprint density at radius 1 is 1.30 bits per heavy atom. The zero-order chi connectivity index (χ0) is 15.3. The molecule has 0 aliphatic heterocycles. The Morgan fingerprint density at radius 3 is 2.40 bits per heavy atom. The summed E-state index contributed by atoms with van der Waals surface area (Å²) in [6.07, 6.45) is 1.23. The van der Waals surface area contributed by atoms with Crippen molar-refractivity contribution in [3.8, 4) is 0 Å². The molecule has 0 aliphatic rings. The number of halogens is 1. The second-order valence-corrected chi connectivity index (χ2v) is 6.60. The second-order valence-electron chi connectivity index (χ2n) is 4.74. The Balaban J connectivity index is 3.32. The first-order valence-electron chi connectivity index (χ1n) is 6.77. The summed E-state index contributed by atoms with van der Waals surface area (Å²) in [5, 5.41) is 9.11. The van der Waals surface area contributed by atoms with E-state index in [1.54, 1.807) is 6.92 Å². The average molecular weight is 303 g/mol. The molecule has 0 unspecified atom stereocenters. The zero-order valence-electron chi connectivity index (χ0n) is 12.1. The summed E-state index contributed by atoms with van der Waals surface area (Å²) in [5.74, 6) is -0.760. The lowest BCUT2D eigenvalue weighted by molar-refractivity contribution is 0.219. The SMILES string of the molecule is CCC(CC)N(CCO)S(=O)(=O)c1cc(C)ccc1F. The molecule has 0 fully saturated rings. The van der Waals surface area contributed by atoms with E-state index < -0.39 is 15.8 Å². The first-order chi connectivity index (χ1) is 9.38. The van der Waals surface area contributed by atoms with Crippen LogP contribution in [0.2, 0.25) is 0 Å². The van der Waals surface area contributed by atoms with Crippen molar-refractivity contribution in [3.05, 3.63) is 29.6 Å². The van der Waals surface area contributed by atoms with Crippen LogP contribution < -0.4 is 0 Å². The van der Waals surface area contributed by atoms with Crippen molar-refractivity contribution in [3.63, 3.8) is 0 Å². The molecule has 0 aliphatic carbocycles. The van der Waals surface area contributed by atoms with E-state index in [2.05, 4.69) is 0 Å². The molecular formula is C14H22FNO3S. The summed E-state index contributed by atoms with van der Waals surface area (Å²) in [7, 11) is -3.94. The van der Waals surface area contributed by atoms with Crippen LogP contribution in [0.15, 0.2) is 23.1 Å². The minimum Gasteiger partial charge on any atom is -0.395 e. The summed E-state index contributed by atoms with van der Waals surface area (Å²) < 4.78 is 40.3. The van der Waals surface area contributed by atoms with Crippen LogP contribution in [-0.4, -0.2) is 37.0 Å². The Morgan fingerprint density at radius 2 is 1.90 bits per heavy atom. The molecule has 1 N–H and O–H groups in total. The maximum atomic E-state index is 13.9. The Kier molecular flexibility index (Phi) is 6.10. The molecule has 0 amide bonds. The van der Waals surface area contributed by atoms with Crippen LogP contribution in [0.3, 0.4) is 0 Å². The summed E-state index contributed by atoms with van der Waals surface area (Å²) in [4.78, 5) is -0.321. The van der Waals surface area contributed by atoms with Gasteiger partial charge in [-0.3, -0.25) is 0 Å². The molecule has 0 spiro atoms. The molecule has 0 bridgehead atoms. The van der Waals surface area contributed by atoms with Crippen molar-refractivity contribution in [1.29, 1.82) is 0 Å². The van der Waals surface area contributed by atoms with Crippen LogP contribution in [0.4, 0.5) is 4.39 Å². The highest BCUT2D eigenvalue weighted by atomic mass is 32.2. The van der Waals surface area contributed by atoms with Crippen molar-refractivity contribution >= 4 is 10.0 Å². The van der Waals surface area contributed by atoms with Crippen LogP contribution in [0.25, 0.3) is 0 Å². The van der Waals surface area contributed by atoms with E-state index in [0.717, 1.165) is 6.07 Å². The average Bonchev–Trinajstić information content (AvgIpc) is 2.41. The summed E-state index contributed by atoms with van der Waals surface area (Å²) in [6.45, 7) is 5.15. The van der Waals surface area contributed by atoms with E-state index in [9.17, 15) is 12.8 Å². The van der Waals surface area contributed by atoms with Gasteiger partial charge in [-0.1, -0.05) is 19.9 Å². The van der Waals surface area contributed by atoms with Gasteiger partial charge in [0.25, 0.3) is 0 Å². The van der Waals surface area contributed by atoms with Gasteiger partial charge in [0.15, 0.2) is 0 Å². The van der Waals surface area contributed by atoms with Crippen LogP contribution in [0.1, 0.15) is 32.3 Å². The predicted molar refractivity (Wildman–Crippen MR) is 76.5 cm³/mol. The molecule has 4 nitrogen and oxygen atoms in total. The van der Waals surface area contributed by atoms with Gasteiger partial charge >= 0.3 is 0 Å². The van der Waals surface area contributed by atoms with Gasteiger partial charge in [-0.15, -0.1) is 0 Å². The highest BCUT2D eigenvalue weighted by molar-refractivity contribution is 7.89. The van der Waals surface area contributed by atoms with Crippen LogP contribution in [0.5, 0.6) is 0 Å². The molecule has 0 saturated carbocycles. The monoisotopic (exact) mass is 303 g/mol. The van der Waals surface area contributed by atoms with Gasteiger partial charge in [-0.25, -0.2) is 12.8 Å². The molecule has 1 aromatic carbocycles. The first kappa shape index (κ1) is 17.1. The summed E-state index contributed by atoms with van der Waals surface area (Å²) in [6, 6.07) is 3.78. The van der Waals surface area contributed by atoms with Crippen LogP contribution >= 0.6 is 0 Å². The highest BCUT2D eigenvalue weighted by Crippen LogP contribution is 2.24. The second kappa shape index (κ2) is 7.15. The summed E-state index contributed by atoms with van der Waals surface area (Å²) >= 11 is 0. The molecular weight excluding hydrogens is 281 g/mol. The molecule has 0 heterocycles. The number of aliphatic hydroxyl groups is 1. The van der Waals surface area contributed by atoms with Crippen LogP contribution in [-0.2, 0) is 10.0 Å². The van der Waals surface area contributed by atoms with E-state index in [1.165, 1.54) is 16.4 Å². The number of hydrogen-bond donors (Lipinski definition) is 1. The maximum absolute atomic E-state index is 13.9. The van der Waals surface area contributed by atoms with E-state index in [-0.39, 0.29) is 24.1 Å². The third-order valence-corrected chi connectivity index (χ3v) is 5.31. The fourth-order valence-corrected chi connectivity index (χ4v) is 4.14. The van der Waals surface area contributed by atoms with Crippen molar-refractivity contribution in [2.45, 2.75) is 44.6 Å². The van der Waals surface area contributed by atoms with Gasteiger partial charge in [0.2, 0.25) is 10.0 Å². The molecule has 0 radical (unpaired) electrons. The zero-order valence-corrected chi connectivity index (χ0v) is 13.0. The van der Waals surface area contributed by atoms with E-state index in [1.807, 2.05) is 13.8 Å². The predicted octanol–water partition coefficient (Wildman–Crippen LogP) is 2.31. The molecule has 20 heavy (non-hydrogen) atoms. The summed E-state index contributed by atoms with van der Waals surface area (Å²) in [5.41, 5.74) is 0.679. The number of hydrogen-bond acceptors (Lipinski definition) is 3. The number of aliphatic hydroxyl groups excluding tert-OH is 1. The van der Waals surface area contributed by atoms with E-state index in [0.29, 0.717) is 18.4 Å². The highest BCUT2D eigenvalue weighted by Gasteiger charge is 2.31. The Labute approximate surface area is 120 Å². The fraction of sp³-hybridized carbons (Fsp3) is 0.571.